The SMILES string of the molecule is FC(F)(F)c1ccc(-n2cnnn2)nc1. The van der Waals surface area contributed by atoms with Crippen molar-refractivity contribution in [3.05, 3.63) is 30.2 Å². The Morgan fingerprint density at radius 1 is 1.20 bits per heavy atom. The third-order valence-corrected chi connectivity index (χ3v) is 1.66. The molecule has 0 saturated carbocycles. The van der Waals surface area contributed by atoms with Gasteiger partial charge in [0.2, 0.25) is 0 Å². The van der Waals surface area contributed by atoms with E-state index in [0.717, 1.165) is 12.3 Å². The minimum atomic E-state index is -4.38. The molecule has 0 amide bonds. The second kappa shape index (κ2) is 3.30. The highest BCUT2D eigenvalue weighted by Gasteiger charge is 2.30. The van der Waals surface area contributed by atoms with E-state index in [2.05, 4.69) is 20.5 Å². The third-order valence-electron chi connectivity index (χ3n) is 1.66. The highest BCUT2D eigenvalue weighted by molar-refractivity contribution is 5.24. The fraction of sp³-hybridized carbons (Fsp3) is 0.143. The number of hydrogen-bond donors (Lipinski definition) is 0. The monoisotopic (exact) mass is 215 g/mol. The number of hydrogen-bond acceptors (Lipinski definition) is 4. The van der Waals surface area contributed by atoms with Crippen LogP contribution >= 0.6 is 0 Å². The van der Waals surface area contributed by atoms with Crippen molar-refractivity contribution in [1.82, 2.24) is 25.2 Å². The molecule has 8 heteroatoms. The minimum Gasteiger partial charge on any atom is -0.236 e. The lowest BCUT2D eigenvalue weighted by Gasteiger charge is -2.05. The number of alkyl halides is 3. The first-order valence-corrected chi connectivity index (χ1v) is 3.84. The van der Waals surface area contributed by atoms with E-state index in [1.807, 2.05) is 0 Å². The topological polar surface area (TPSA) is 56.5 Å². The Morgan fingerprint density at radius 2 is 2.00 bits per heavy atom. The van der Waals surface area contributed by atoms with Crippen molar-refractivity contribution in [2.24, 2.45) is 0 Å². The second-order valence-electron chi connectivity index (χ2n) is 2.66. The first kappa shape index (κ1) is 9.56. The molecule has 2 aromatic heterocycles. The average molecular weight is 215 g/mol. The molecule has 0 fully saturated rings. The molecule has 0 bridgehead atoms. The summed E-state index contributed by atoms with van der Waals surface area (Å²) in [5.74, 6) is 0.230. The van der Waals surface area contributed by atoms with Crippen LogP contribution in [0.2, 0.25) is 0 Å². The molecule has 0 spiro atoms. The van der Waals surface area contributed by atoms with Gasteiger partial charge >= 0.3 is 6.18 Å². The molecule has 0 radical (unpaired) electrons. The van der Waals surface area contributed by atoms with Crippen molar-refractivity contribution in [3.63, 3.8) is 0 Å². The summed E-state index contributed by atoms with van der Waals surface area (Å²) in [4.78, 5) is 3.59. The number of tetrazole rings is 1. The summed E-state index contributed by atoms with van der Waals surface area (Å²) >= 11 is 0. The average Bonchev–Trinajstić information content (AvgIpc) is 2.69. The molecule has 0 atom stereocenters. The lowest BCUT2D eigenvalue weighted by atomic mass is 10.3. The lowest BCUT2D eigenvalue weighted by molar-refractivity contribution is -0.137. The lowest BCUT2D eigenvalue weighted by Crippen LogP contribution is -2.07. The Morgan fingerprint density at radius 3 is 2.47 bits per heavy atom. The number of nitrogens with zero attached hydrogens (tertiary/aromatic N) is 5. The summed E-state index contributed by atoms with van der Waals surface area (Å²) in [5.41, 5.74) is -0.806. The normalized spacial score (nSPS) is 11.7. The molecular weight excluding hydrogens is 211 g/mol. The van der Waals surface area contributed by atoms with Gasteiger partial charge in [0.15, 0.2) is 5.82 Å². The summed E-state index contributed by atoms with van der Waals surface area (Å²) < 4.78 is 37.7. The third kappa shape index (κ3) is 1.92. The van der Waals surface area contributed by atoms with Crippen molar-refractivity contribution in [2.75, 3.05) is 0 Å². The van der Waals surface area contributed by atoms with Crippen LogP contribution in [0.5, 0.6) is 0 Å². The molecule has 78 valence electrons. The molecule has 0 saturated heterocycles. The van der Waals surface area contributed by atoms with Gasteiger partial charge in [-0.25, -0.2) is 4.98 Å². The maximum Gasteiger partial charge on any atom is 0.417 e. The van der Waals surface area contributed by atoms with Crippen LogP contribution in [-0.4, -0.2) is 25.2 Å². The number of aromatic nitrogens is 5. The summed E-state index contributed by atoms with van der Waals surface area (Å²) in [6.07, 6.45) is -2.40. The minimum absolute atomic E-state index is 0.230. The van der Waals surface area contributed by atoms with Gasteiger partial charge < -0.3 is 0 Å². The van der Waals surface area contributed by atoms with Gasteiger partial charge in [-0.15, -0.1) is 5.10 Å². The van der Waals surface area contributed by atoms with E-state index in [1.165, 1.54) is 17.1 Å². The van der Waals surface area contributed by atoms with Gasteiger partial charge in [0.25, 0.3) is 0 Å². The van der Waals surface area contributed by atoms with Gasteiger partial charge in [-0.2, -0.15) is 17.9 Å². The predicted molar refractivity (Wildman–Crippen MR) is 42.0 cm³/mol. The van der Waals surface area contributed by atoms with E-state index in [1.54, 1.807) is 0 Å². The molecule has 0 aliphatic carbocycles. The van der Waals surface area contributed by atoms with Crippen LogP contribution in [0.1, 0.15) is 5.56 Å². The Bertz CT molecular complexity index is 433. The highest BCUT2D eigenvalue weighted by atomic mass is 19.4. The Kier molecular flexibility index (Phi) is 2.10. The first-order valence-electron chi connectivity index (χ1n) is 3.84. The standard InChI is InChI=1S/C7H4F3N5/c8-7(9,10)5-1-2-6(11-3-5)15-4-12-13-14-15/h1-4H. The number of rotatable bonds is 1. The molecule has 0 aliphatic heterocycles. The molecule has 2 aromatic rings. The van der Waals surface area contributed by atoms with Crippen molar-refractivity contribution < 1.29 is 13.2 Å². The van der Waals surface area contributed by atoms with Gasteiger partial charge in [-0.3, -0.25) is 0 Å². The van der Waals surface area contributed by atoms with Crippen LogP contribution in [0.4, 0.5) is 13.2 Å². The maximum atomic E-state index is 12.2. The van der Waals surface area contributed by atoms with E-state index in [0.29, 0.717) is 0 Å². The quantitative estimate of drug-likeness (QED) is 0.714. The van der Waals surface area contributed by atoms with Crippen molar-refractivity contribution in [1.29, 1.82) is 0 Å². The molecule has 0 N–H and O–H groups in total. The van der Waals surface area contributed by atoms with Crippen LogP contribution in [0.3, 0.4) is 0 Å². The molecule has 2 rings (SSSR count). The molecule has 0 aliphatic rings. The number of halogens is 3. The number of pyridine rings is 1. The van der Waals surface area contributed by atoms with E-state index in [4.69, 9.17) is 0 Å². The van der Waals surface area contributed by atoms with Gasteiger partial charge in [0.05, 0.1) is 5.56 Å². The van der Waals surface area contributed by atoms with Crippen molar-refractivity contribution in [2.45, 2.75) is 6.18 Å². The predicted octanol–water partition coefficient (Wildman–Crippen LogP) is 1.08. The zero-order valence-corrected chi connectivity index (χ0v) is 7.18. The molecule has 0 unspecified atom stereocenters. The molecule has 15 heavy (non-hydrogen) atoms. The summed E-state index contributed by atoms with van der Waals surface area (Å²) in [6.45, 7) is 0. The zero-order chi connectivity index (χ0) is 10.9. The maximum absolute atomic E-state index is 12.2. The zero-order valence-electron chi connectivity index (χ0n) is 7.18. The van der Waals surface area contributed by atoms with E-state index >= 15 is 0 Å². The molecule has 2 heterocycles. The highest BCUT2D eigenvalue weighted by Crippen LogP contribution is 2.28. The Hall–Kier alpha value is -1.99. The van der Waals surface area contributed by atoms with Crippen LogP contribution in [0.15, 0.2) is 24.7 Å². The van der Waals surface area contributed by atoms with E-state index in [-0.39, 0.29) is 5.82 Å². The summed E-state index contributed by atoms with van der Waals surface area (Å²) in [6, 6.07) is 2.11. The molecule has 0 aromatic carbocycles. The smallest absolute Gasteiger partial charge is 0.236 e. The van der Waals surface area contributed by atoms with Crippen LogP contribution in [0.25, 0.3) is 5.82 Å². The van der Waals surface area contributed by atoms with Gasteiger partial charge in [-0.05, 0) is 22.6 Å². The fourth-order valence-corrected chi connectivity index (χ4v) is 0.956. The largest absolute Gasteiger partial charge is 0.417 e. The van der Waals surface area contributed by atoms with Gasteiger partial charge in [0, 0.05) is 6.20 Å². The Labute approximate surface area is 81.6 Å². The van der Waals surface area contributed by atoms with Crippen molar-refractivity contribution in [3.8, 4) is 5.82 Å². The first-order chi connectivity index (χ1) is 7.07. The Balaban J connectivity index is 2.33. The summed E-state index contributed by atoms with van der Waals surface area (Å²) in [5, 5.41) is 10.2. The molecule has 5 nitrogen and oxygen atoms in total. The van der Waals surface area contributed by atoms with Crippen molar-refractivity contribution >= 4 is 0 Å². The second-order valence-corrected chi connectivity index (χ2v) is 2.66. The fourth-order valence-electron chi connectivity index (χ4n) is 0.956. The van der Waals surface area contributed by atoms with Gasteiger partial charge in [0.1, 0.15) is 6.33 Å². The van der Waals surface area contributed by atoms with Crippen LogP contribution in [0, 0.1) is 0 Å². The van der Waals surface area contributed by atoms with Gasteiger partial charge in [-0.1, -0.05) is 0 Å². The van der Waals surface area contributed by atoms with Crippen LogP contribution < -0.4 is 0 Å². The molecular formula is C7H4F3N5. The summed E-state index contributed by atoms with van der Waals surface area (Å²) in [7, 11) is 0. The van der Waals surface area contributed by atoms with E-state index in [9.17, 15) is 13.2 Å². The van der Waals surface area contributed by atoms with E-state index < -0.39 is 11.7 Å². The van der Waals surface area contributed by atoms with Crippen LogP contribution in [-0.2, 0) is 6.18 Å².